The first kappa shape index (κ1) is 20.9. The molecule has 0 atom stereocenters. The number of hydrogen-bond donors (Lipinski definition) is 0. The average molecular weight is 430 g/mol. The highest BCUT2D eigenvalue weighted by atomic mass is 32.1. The summed E-state index contributed by atoms with van der Waals surface area (Å²) in [4.78, 5) is 31.9. The molecule has 0 radical (unpaired) electrons. The standard InChI is InChI=1S/C26H23NO3S/c1-16-13-22(18(3)31-16)24(28)15-30-25(29)14-21-17(2)27-23-12-8-7-11-20(23)26(21)19-9-5-4-6-10-19/h4-13H,14-15H2,1-3H3. The van der Waals surface area contributed by atoms with Crippen molar-refractivity contribution in [1.82, 2.24) is 4.98 Å². The van der Waals surface area contributed by atoms with E-state index in [1.165, 1.54) is 0 Å². The van der Waals surface area contributed by atoms with Crippen LogP contribution in [0.3, 0.4) is 0 Å². The molecule has 0 aliphatic rings. The number of pyridine rings is 1. The van der Waals surface area contributed by atoms with Crippen molar-refractivity contribution in [2.45, 2.75) is 27.2 Å². The highest BCUT2D eigenvalue weighted by Gasteiger charge is 2.19. The first-order valence-corrected chi connectivity index (χ1v) is 10.9. The zero-order chi connectivity index (χ0) is 22.0. The van der Waals surface area contributed by atoms with Gasteiger partial charge in [-0.1, -0.05) is 48.5 Å². The number of ether oxygens (including phenoxy) is 1. The molecule has 0 spiro atoms. The molecular weight excluding hydrogens is 406 g/mol. The number of fused-ring (bicyclic) bond motifs is 1. The molecular formula is C26H23NO3S. The van der Waals surface area contributed by atoms with Gasteiger partial charge in [-0.2, -0.15) is 0 Å². The maximum absolute atomic E-state index is 12.7. The highest BCUT2D eigenvalue weighted by Crippen LogP contribution is 2.33. The van der Waals surface area contributed by atoms with E-state index in [0.29, 0.717) is 5.56 Å². The predicted octanol–water partition coefficient (Wildman–Crippen LogP) is 5.86. The predicted molar refractivity (Wildman–Crippen MR) is 125 cm³/mol. The molecule has 4 aromatic rings. The number of hydrogen-bond acceptors (Lipinski definition) is 5. The lowest BCUT2D eigenvalue weighted by molar-refractivity contribution is -0.141. The summed E-state index contributed by atoms with van der Waals surface area (Å²) in [5, 5.41) is 0.988. The van der Waals surface area contributed by atoms with Crippen LogP contribution in [0.5, 0.6) is 0 Å². The lowest BCUT2D eigenvalue weighted by Gasteiger charge is -2.15. The number of para-hydroxylation sites is 1. The summed E-state index contributed by atoms with van der Waals surface area (Å²) in [6, 6.07) is 19.7. The summed E-state index contributed by atoms with van der Waals surface area (Å²) in [6.07, 6.45) is 0.0584. The number of aryl methyl sites for hydroxylation is 3. The zero-order valence-corrected chi connectivity index (χ0v) is 18.6. The van der Waals surface area contributed by atoms with Gasteiger partial charge in [-0.05, 0) is 49.6 Å². The largest absolute Gasteiger partial charge is 0.457 e. The summed E-state index contributed by atoms with van der Waals surface area (Å²) in [6.45, 7) is 5.52. The number of ketones is 1. The fourth-order valence-electron chi connectivity index (χ4n) is 3.85. The Balaban J connectivity index is 1.62. The Morgan fingerprint density at radius 1 is 0.968 bits per heavy atom. The van der Waals surface area contributed by atoms with Gasteiger partial charge in [0.15, 0.2) is 6.61 Å². The minimum absolute atomic E-state index is 0.0584. The quantitative estimate of drug-likeness (QED) is 0.285. The van der Waals surface area contributed by atoms with Crippen molar-refractivity contribution in [2.75, 3.05) is 6.61 Å². The van der Waals surface area contributed by atoms with Crippen LogP contribution < -0.4 is 0 Å². The van der Waals surface area contributed by atoms with Crippen LogP contribution in [0.2, 0.25) is 0 Å². The fourth-order valence-corrected chi connectivity index (χ4v) is 4.79. The number of carbonyl (C=O) groups excluding carboxylic acids is 2. The molecule has 4 rings (SSSR count). The first-order valence-electron chi connectivity index (χ1n) is 10.1. The van der Waals surface area contributed by atoms with E-state index in [1.807, 2.05) is 81.4 Å². The fraction of sp³-hybridized carbons (Fsp3) is 0.192. The van der Waals surface area contributed by atoms with Crippen LogP contribution in [-0.4, -0.2) is 23.3 Å². The first-order chi connectivity index (χ1) is 14.9. The number of Topliss-reactive ketones (excluding diaryl/α,β-unsaturated/α-hetero) is 1. The van der Waals surface area contributed by atoms with Gasteiger partial charge in [0.2, 0.25) is 5.78 Å². The molecule has 0 amide bonds. The van der Waals surface area contributed by atoms with E-state index in [9.17, 15) is 9.59 Å². The second-order valence-corrected chi connectivity index (χ2v) is 8.98. The smallest absolute Gasteiger partial charge is 0.310 e. The van der Waals surface area contributed by atoms with Crippen LogP contribution in [0.4, 0.5) is 0 Å². The number of esters is 1. The van der Waals surface area contributed by atoms with E-state index in [4.69, 9.17) is 9.72 Å². The van der Waals surface area contributed by atoms with Crippen LogP contribution >= 0.6 is 11.3 Å². The number of nitrogens with zero attached hydrogens (tertiary/aromatic N) is 1. The summed E-state index contributed by atoms with van der Waals surface area (Å²) in [5.41, 5.74) is 5.12. The Morgan fingerprint density at radius 2 is 1.68 bits per heavy atom. The second kappa shape index (κ2) is 8.82. The Hall–Kier alpha value is -3.31. The van der Waals surface area contributed by atoms with Crippen LogP contribution in [0.15, 0.2) is 60.7 Å². The second-order valence-electron chi connectivity index (χ2n) is 7.52. The van der Waals surface area contributed by atoms with Crippen LogP contribution in [0.1, 0.15) is 31.4 Å². The number of thiophene rings is 1. The van der Waals surface area contributed by atoms with Crippen LogP contribution in [0, 0.1) is 20.8 Å². The molecule has 156 valence electrons. The molecule has 0 aliphatic carbocycles. The number of rotatable bonds is 6. The van der Waals surface area contributed by atoms with Crippen molar-refractivity contribution >= 4 is 34.0 Å². The van der Waals surface area contributed by atoms with Crippen molar-refractivity contribution in [3.8, 4) is 11.1 Å². The maximum Gasteiger partial charge on any atom is 0.310 e. The normalized spacial score (nSPS) is 10.9. The van der Waals surface area contributed by atoms with Gasteiger partial charge >= 0.3 is 5.97 Å². The Labute approximate surface area is 185 Å². The molecule has 31 heavy (non-hydrogen) atoms. The van der Waals surface area contributed by atoms with Crippen molar-refractivity contribution in [3.05, 3.63) is 87.2 Å². The molecule has 0 fully saturated rings. The van der Waals surface area contributed by atoms with Gasteiger partial charge in [-0.3, -0.25) is 14.6 Å². The van der Waals surface area contributed by atoms with E-state index in [-0.39, 0.29) is 18.8 Å². The van der Waals surface area contributed by atoms with Gasteiger partial charge < -0.3 is 4.74 Å². The van der Waals surface area contributed by atoms with E-state index in [0.717, 1.165) is 43.0 Å². The van der Waals surface area contributed by atoms with Crippen molar-refractivity contribution in [3.63, 3.8) is 0 Å². The van der Waals surface area contributed by atoms with Crippen molar-refractivity contribution in [2.24, 2.45) is 0 Å². The Bertz CT molecular complexity index is 1270. The Morgan fingerprint density at radius 3 is 2.39 bits per heavy atom. The van der Waals surface area contributed by atoms with E-state index < -0.39 is 5.97 Å². The van der Waals surface area contributed by atoms with Gasteiger partial charge in [0, 0.05) is 26.4 Å². The molecule has 0 saturated carbocycles. The van der Waals surface area contributed by atoms with Gasteiger partial charge in [0.05, 0.1) is 11.9 Å². The zero-order valence-electron chi connectivity index (χ0n) is 17.8. The molecule has 0 bridgehead atoms. The third-order valence-corrected chi connectivity index (χ3v) is 6.26. The average Bonchev–Trinajstić information content (AvgIpc) is 3.11. The molecule has 0 unspecified atom stereocenters. The van der Waals surface area contributed by atoms with Gasteiger partial charge in [0.1, 0.15) is 0 Å². The molecule has 5 heteroatoms. The SMILES string of the molecule is Cc1cc(C(=O)COC(=O)Cc2c(C)nc3ccccc3c2-c2ccccc2)c(C)s1. The molecule has 2 aromatic carbocycles. The third kappa shape index (κ3) is 4.42. The van der Waals surface area contributed by atoms with Crippen LogP contribution in [0.25, 0.3) is 22.0 Å². The number of benzene rings is 2. The summed E-state index contributed by atoms with van der Waals surface area (Å²) >= 11 is 1.57. The molecule has 2 aromatic heterocycles. The number of aromatic nitrogens is 1. The van der Waals surface area contributed by atoms with Gasteiger partial charge in [-0.25, -0.2) is 0 Å². The van der Waals surface area contributed by atoms with Gasteiger partial charge in [0.25, 0.3) is 0 Å². The minimum atomic E-state index is -0.435. The maximum atomic E-state index is 12.7. The van der Waals surface area contributed by atoms with Gasteiger partial charge in [-0.15, -0.1) is 11.3 Å². The molecule has 0 aliphatic heterocycles. The third-order valence-electron chi connectivity index (χ3n) is 5.29. The topological polar surface area (TPSA) is 56.3 Å². The molecule has 0 N–H and O–H groups in total. The van der Waals surface area contributed by atoms with Crippen LogP contribution in [-0.2, 0) is 16.0 Å². The molecule has 0 saturated heterocycles. The summed E-state index contributed by atoms with van der Waals surface area (Å²) < 4.78 is 5.37. The lowest BCUT2D eigenvalue weighted by Crippen LogP contribution is -2.17. The summed E-state index contributed by atoms with van der Waals surface area (Å²) in [7, 11) is 0. The molecule has 2 heterocycles. The van der Waals surface area contributed by atoms with E-state index in [2.05, 4.69) is 0 Å². The van der Waals surface area contributed by atoms with E-state index >= 15 is 0 Å². The minimum Gasteiger partial charge on any atom is -0.457 e. The van der Waals surface area contributed by atoms with Crippen molar-refractivity contribution in [1.29, 1.82) is 0 Å². The van der Waals surface area contributed by atoms with Crippen molar-refractivity contribution < 1.29 is 14.3 Å². The number of carbonyl (C=O) groups is 2. The molecule has 4 nitrogen and oxygen atoms in total. The van der Waals surface area contributed by atoms with E-state index in [1.54, 1.807) is 11.3 Å². The lowest BCUT2D eigenvalue weighted by atomic mass is 9.93. The Kier molecular flexibility index (Phi) is 5.96. The monoisotopic (exact) mass is 429 g/mol. The summed E-state index contributed by atoms with van der Waals surface area (Å²) in [5.74, 6) is -0.609. The highest BCUT2D eigenvalue weighted by molar-refractivity contribution is 7.12.